The third-order valence-corrected chi connectivity index (χ3v) is 15.7. The molecule has 0 bridgehead atoms. The summed E-state index contributed by atoms with van der Waals surface area (Å²) in [6.45, 7) is 18.1. The first-order valence-electron chi connectivity index (χ1n) is 30.3. The van der Waals surface area contributed by atoms with Crippen molar-refractivity contribution in [2.24, 2.45) is 0 Å². The highest BCUT2D eigenvalue weighted by Gasteiger charge is 2.34. The van der Waals surface area contributed by atoms with Gasteiger partial charge in [-0.05, 0) is 181 Å². The molecule has 0 saturated carbocycles. The standard InChI is InChI=1S/C36H47FN4O2.C33H41FN4O4/c1-8-26-22-27(43-36(4,5)42-26)16-17-30-33(24-12-14-25(37)15-13-24)29-10-9-11-31-28(35(29)40-34(30)23(2)3)18-19-32(39-31)38-20-21-41(6)7;1-20(2)32-27(13-12-23(39)18-24(40)19-30(41)42)31(21-8-10-22(34)11-9-21)26-6-5-7-28-25(33(26)37-32)14-15-29(36-28)35-16-17-38(3)4/h12-19,23,26-27H,8-11,20-22H2,1-7H3,(H,38,39);8-15,20,23-24,39-40H,5-7,16-19H2,1-4H3,(H,35,36)(H,41,42)/b17-16+;13-12+/t26-,27+;23-,24-/m01/s1. The van der Waals surface area contributed by atoms with Crippen LogP contribution >= 0.6 is 0 Å². The maximum atomic E-state index is 14.1. The van der Waals surface area contributed by atoms with Gasteiger partial charge in [-0.2, -0.15) is 0 Å². The van der Waals surface area contributed by atoms with Crippen LogP contribution in [0.25, 0.3) is 56.9 Å². The normalized spacial score (nSPS) is 17.2. The summed E-state index contributed by atoms with van der Waals surface area (Å²) in [5, 5.41) is 36.5. The maximum absolute atomic E-state index is 14.1. The quantitative estimate of drug-likeness (QED) is 0.0460. The van der Waals surface area contributed by atoms with Crippen LogP contribution in [0.4, 0.5) is 20.4 Å². The van der Waals surface area contributed by atoms with Gasteiger partial charge >= 0.3 is 5.97 Å². The first-order valence-corrected chi connectivity index (χ1v) is 30.3. The molecule has 6 aromatic rings. The zero-order valence-corrected chi connectivity index (χ0v) is 51.6. The van der Waals surface area contributed by atoms with Crippen molar-refractivity contribution in [3.63, 3.8) is 0 Å². The number of hydrogen-bond acceptors (Lipinski definition) is 13. The number of carboxylic acids is 1. The number of aryl methyl sites for hydroxylation is 2. The Hall–Kier alpha value is -6.79. The molecule has 2 aliphatic carbocycles. The minimum Gasteiger partial charge on any atom is -0.481 e. The molecule has 85 heavy (non-hydrogen) atoms. The lowest BCUT2D eigenvalue weighted by Crippen LogP contribution is -2.43. The van der Waals surface area contributed by atoms with Crippen LogP contribution in [-0.4, -0.2) is 136 Å². The molecule has 1 saturated heterocycles. The number of aliphatic hydroxyl groups excluding tert-OH is 2. The van der Waals surface area contributed by atoms with E-state index in [2.05, 4.69) is 99.5 Å². The van der Waals surface area contributed by atoms with Gasteiger partial charge in [0.2, 0.25) is 0 Å². The fraction of sp³-hybridized carbons (Fsp3) is 0.464. The Balaban J connectivity index is 0.000000221. The Kier molecular flexibility index (Phi) is 22.0. The number of fused-ring (bicyclic) bond motifs is 6. The molecule has 16 heteroatoms. The second-order valence-corrected chi connectivity index (χ2v) is 24.3. The first kappa shape index (κ1) is 64.2. The van der Waals surface area contributed by atoms with Crippen LogP contribution < -0.4 is 10.6 Å². The lowest BCUT2D eigenvalue weighted by atomic mass is 9.86. The predicted octanol–water partition coefficient (Wildman–Crippen LogP) is 13.0. The Labute approximate surface area is 501 Å². The molecule has 454 valence electrons. The molecule has 4 atom stereocenters. The lowest BCUT2D eigenvalue weighted by Gasteiger charge is -2.39. The van der Waals surface area contributed by atoms with E-state index >= 15 is 0 Å². The molecule has 5 heterocycles. The molecule has 14 nitrogen and oxygen atoms in total. The fourth-order valence-electron chi connectivity index (χ4n) is 11.6. The topological polar surface area (TPSA) is 178 Å². The van der Waals surface area contributed by atoms with E-state index in [1.54, 1.807) is 36.4 Å². The summed E-state index contributed by atoms with van der Waals surface area (Å²) < 4.78 is 40.6. The lowest BCUT2D eigenvalue weighted by molar-refractivity contribution is -0.290. The molecule has 1 fully saturated rings. The highest BCUT2D eigenvalue weighted by molar-refractivity contribution is 5.87. The molecule has 0 unspecified atom stereocenters. The number of aliphatic hydroxyl groups is 2. The van der Waals surface area contributed by atoms with Crippen LogP contribution in [0.15, 0.2) is 84.9 Å². The van der Waals surface area contributed by atoms with Crippen molar-refractivity contribution >= 4 is 29.8 Å². The van der Waals surface area contributed by atoms with Crippen molar-refractivity contribution < 1.29 is 38.4 Å². The highest BCUT2D eigenvalue weighted by Crippen LogP contribution is 2.44. The van der Waals surface area contributed by atoms with Gasteiger partial charge < -0.3 is 45.2 Å². The minimum atomic E-state index is -1.17. The number of anilines is 2. The van der Waals surface area contributed by atoms with Gasteiger partial charge in [0.05, 0.1) is 65.0 Å². The number of pyridine rings is 4. The zero-order valence-electron chi connectivity index (χ0n) is 51.6. The van der Waals surface area contributed by atoms with Gasteiger partial charge in [0.15, 0.2) is 5.79 Å². The number of halogens is 2. The Morgan fingerprint density at radius 1 is 0.682 bits per heavy atom. The average molecular weight is 1160 g/mol. The average Bonchev–Trinajstić information content (AvgIpc) is 2.06. The number of aromatic nitrogens is 4. The third-order valence-electron chi connectivity index (χ3n) is 15.7. The summed E-state index contributed by atoms with van der Waals surface area (Å²) in [5.74, 6) is -0.402. The third kappa shape index (κ3) is 16.8. The predicted molar refractivity (Wildman–Crippen MR) is 338 cm³/mol. The van der Waals surface area contributed by atoms with E-state index in [-0.39, 0.29) is 42.1 Å². The molecule has 0 spiro atoms. The number of carboxylic acid groups (broad SMARTS) is 1. The Morgan fingerprint density at radius 3 is 1.59 bits per heavy atom. The van der Waals surface area contributed by atoms with Crippen molar-refractivity contribution in [2.45, 2.75) is 155 Å². The number of carbonyl (C=O) groups is 1. The summed E-state index contributed by atoms with van der Waals surface area (Å²) in [4.78, 5) is 35.8. The monoisotopic (exact) mass is 1160 g/mol. The van der Waals surface area contributed by atoms with Crippen molar-refractivity contribution in [1.29, 1.82) is 0 Å². The van der Waals surface area contributed by atoms with Gasteiger partial charge in [-0.25, -0.2) is 18.7 Å². The number of nitrogens with one attached hydrogen (secondary N) is 2. The van der Waals surface area contributed by atoms with Gasteiger partial charge in [0, 0.05) is 61.3 Å². The van der Waals surface area contributed by atoms with E-state index in [4.69, 9.17) is 34.5 Å². The Morgan fingerprint density at radius 2 is 1.15 bits per heavy atom. The van der Waals surface area contributed by atoms with E-state index in [1.807, 2.05) is 46.1 Å². The molecular formula is C69H88F2N8O6. The number of aliphatic carboxylic acids is 1. The first-order chi connectivity index (χ1) is 40.6. The van der Waals surface area contributed by atoms with Crippen molar-refractivity contribution in [1.82, 2.24) is 29.7 Å². The van der Waals surface area contributed by atoms with Gasteiger partial charge in [-0.1, -0.05) is 83.2 Å². The van der Waals surface area contributed by atoms with Crippen LogP contribution in [-0.2, 0) is 40.0 Å². The van der Waals surface area contributed by atoms with Crippen LogP contribution in [0.5, 0.6) is 0 Å². The number of likely N-dealkylation sites (N-methyl/N-ethyl adjacent to an activating group) is 2. The zero-order chi connectivity index (χ0) is 61.1. The van der Waals surface area contributed by atoms with Gasteiger partial charge in [0.25, 0.3) is 0 Å². The molecule has 5 N–H and O–H groups in total. The van der Waals surface area contributed by atoms with Gasteiger partial charge in [-0.3, -0.25) is 14.8 Å². The summed E-state index contributed by atoms with van der Waals surface area (Å²) in [6.07, 6.45) is 11.9. The summed E-state index contributed by atoms with van der Waals surface area (Å²) in [5.41, 5.74) is 15.9. The minimum absolute atomic E-state index is 0.0236. The molecule has 2 aromatic carbocycles. The van der Waals surface area contributed by atoms with Crippen LogP contribution in [0.3, 0.4) is 0 Å². The number of rotatable bonds is 21. The summed E-state index contributed by atoms with van der Waals surface area (Å²) in [6, 6.07) is 21.6. The summed E-state index contributed by atoms with van der Waals surface area (Å²) in [7, 11) is 8.21. The van der Waals surface area contributed by atoms with E-state index in [0.717, 1.165) is 173 Å². The van der Waals surface area contributed by atoms with Gasteiger partial charge in [-0.15, -0.1) is 0 Å². The molecule has 0 radical (unpaired) electrons. The van der Waals surface area contributed by atoms with Crippen molar-refractivity contribution in [3.8, 4) is 44.8 Å². The molecule has 3 aliphatic rings. The van der Waals surface area contributed by atoms with Crippen molar-refractivity contribution in [3.05, 3.63) is 142 Å². The molecule has 9 rings (SSSR count). The second kappa shape index (κ2) is 29.1. The van der Waals surface area contributed by atoms with E-state index in [9.17, 15) is 23.8 Å². The number of nitrogens with zero attached hydrogens (tertiary/aromatic N) is 6. The van der Waals surface area contributed by atoms with Crippen LogP contribution in [0.1, 0.15) is 144 Å². The van der Waals surface area contributed by atoms with Gasteiger partial charge in [0.1, 0.15) is 23.3 Å². The number of benzene rings is 2. The second-order valence-electron chi connectivity index (χ2n) is 24.3. The van der Waals surface area contributed by atoms with Crippen molar-refractivity contribution in [2.75, 3.05) is 65.0 Å². The largest absolute Gasteiger partial charge is 0.481 e. The molecule has 4 aromatic heterocycles. The number of ether oxygens (including phenoxy) is 2. The summed E-state index contributed by atoms with van der Waals surface area (Å²) >= 11 is 0. The molecule has 0 amide bonds. The Bertz CT molecular complexity index is 3310. The maximum Gasteiger partial charge on any atom is 0.305 e. The number of hydrogen-bond donors (Lipinski definition) is 5. The molecular weight excluding hydrogens is 1070 g/mol. The smallest absolute Gasteiger partial charge is 0.305 e. The van der Waals surface area contributed by atoms with E-state index < -0.39 is 30.4 Å². The van der Waals surface area contributed by atoms with E-state index in [1.165, 1.54) is 17.7 Å². The SMILES string of the molecule is CC(C)c1nc2c(c(-c3ccc(F)cc3)c1/C=C/[C@@H](O)C[C@@H](O)CC(=O)O)CCCc1nc(NCCN(C)C)ccc1-2.CC[C@H]1C[C@@H](/C=C/c2c(C(C)C)nc3c(c2-c2ccc(F)cc2)CCCc2nc(NCCN(C)C)ccc2-3)OC(C)(C)O1. The highest BCUT2D eigenvalue weighted by atomic mass is 19.1. The van der Waals surface area contributed by atoms with E-state index in [0.29, 0.717) is 0 Å². The fourth-order valence-corrected chi connectivity index (χ4v) is 11.6. The van der Waals surface area contributed by atoms with Crippen LogP contribution in [0.2, 0.25) is 0 Å². The van der Waals surface area contributed by atoms with Crippen LogP contribution in [0, 0.1) is 11.6 Å². The molecule has 1 aliphatic heterocycles.